The first-order valence-electron chi connectivity index (χ1n) is 9.04. The summed E-state index contributed by atoms with van der Waals surface area (Å²) in [6.45, 7) is 0.170. The van der Waals surface area contributed by atoms with Crippen molar-refractivity contribution < 1.29 is 24.0 Å². The number of amides is 1. The Kier molecular flexibility index (Phi) is 6.99. The second-order valence-corrected chi connectivity index (χ2v) is 7.29. The number of nitrogens with zero attached hydrogens (tertiary/aromatic N) is 2. The van der Waals surface area contributed by atoms with Crippen LogP contribution in [0.25, 0.3) is 0 Å². The highest BCUT2D eigenvalue weighted by Crippen LogP contribution is 2.25. The van der Waals surface area contributed by atoms with Crippen LogP contribution in [0.2, 0.25) is 0 Å². The number of halogens is 1. The van der Waals surface area contributed by atoms with Crippen LogP contribution in [0.15, 0.2) is 77.3 Å². The SMILES string of the molecule is COC(=O)c1ccc(CN(C(=O)Oc2ccc([N+](=O)[O-])cc2)c2cccc(Br)c2)cc1. The highest BCUT2D eigenvalue weighted by atomic mass is 79.9. The second-order valence-electron chi connectivity index (χ2n) is 6.37. The molecule has 0 fully saturated rings. The zero-order valence-electron chi connectivity index (χ0n) is 16.4. The predicted molar refractivity (Wildman–Crippen MR) is 117 cm³/mol. The average Bonchev–Trinajstić information content (AvgIpc) is 2.77. The van der Waals surface area contributed by atoms with E-state index >= 15 is 0 Å². The minimum Gasteiger partial charge on any atom is -0.465 e. The second kappa shape index (κ2) is 9.86. The number of hydrogen-bond donors (Lipinski definition) is 0. The van der Waals surface area contributed by atoms with Crippen LogP contribution in [0, 0.1) is 10.1 Å². The molecular weight excluding hydrogens is 468 g/mol. The normalized spacial score (nSPS) is 10.3. The lowest BCUT2D eigenvalue weighted by atomic mass is 10.1. The summed E-state index contributed by atoms with van der Waals surface area (Å²) in [5.41, 5.74) is 1.63. The van der Waals surface area contributed by atoms with Gasteiger partial charge in [-0.2, -0.15) is 0 Å². The van der Waals surface area contributed by atoms with Crippen molar-refractivity contribution in [3.63, 3.8) is 0 Å². The van der Waals surface area contributed by atoms with Crippen LogP contribution in [0.3, 0.4) is 0 Å². The van der Waals surface area contributed by atoms with Crippen molar-refractivity contribution in [2.75, 3.05) is 12.0 Å². The summed E-state index contributed by atoms with van der Waals surface area (Å²) in [6.07, 6.45) is -0.663. The Balaban J connectivity index is 1.84. The molecule has 0 heterocycles. The summed E-state index contributed by atoms with van der Waals surface area (Å²) in [5, 5.41) is 10.8. The summed E-state index contributed by atoms with van der Waals surface area (Å²) in [4.78, 5) is 36.3. The van der Waals surface area contributed by atoms with Gasteiger partial charge in [0.2, 0.25) is 0 Å². The molecule has 3 aromatic rings. The Morgan fingerprint density at radius 2 is 1.71 bits per heavy atom. The van der Waals surface area contributed by atoms with Crippen molar-refractivity contribution >= 4 is 39.4 Å². The predicted octanol–water partition coefficient (Wildman–Crippen LogP) is 5.35. The van der Waals surface area contributed by atoms with E-state index in [9.17, 15) is 19.7 Å². The first-order valence-corrected chi connectivity index (χ1v) is 9.83. The Morgan fingerprint density at radius 1 is 1.03 bits per heavy atom. The molecule has 0 aromatic heterocycles. The van der Waals surface area contributed by atoms with Gasteiger partial charge in [0.15, 0.2) is 0 Å². The van der Waals surface area contributed by atoms with E-state index in [-0.39, 0.29) is 18.0 Å². The van der Waals surface area contributed by atoms with Gasteiger partial charge in [-0.3, -0.25) is 15.0 Å². The molecule has 0 atom stereocenters. The van der Waals surface area contributed by atoms with Crippen molar-refractivity contribution in [1.29, 1.82) is 0 Å². The summed E-state index contributed by atoms with van der Waals surface area (Å²) < 4.78 is 10.9. The third-order valence-electron chi connectivity index (χ3n) is 4.31. The lowest BCUT2D eigenvalue weighted by Gasteiger charge is -2.22. The zero-order chi connectivity index (χ0) is 22.4. The molecule has 158 valence electrons. The zero-order valence-corrected chi connectivity index (χ0v) is 17.9. The van der Waals surface area contributed by atoms with Crippen LogP contribution in [-0.2, 0) is 11.3 Å². The number of carbonyl (C=O) groups is 2. The number of esters is 1. The van der Waals surface area contributed by atoms with E-state index in [0.29, 0.717) is 11.3 Å². The quantitative estimate of drug-likeness (QED) is 0.265. The highest BCUT2D eigenvalue weighted by molar-refractivity contribution is 9.10. The van der Waals surface area contributed by atoms with Crippen LogP contribution >= 0.6 is 15.9 Å². The fourth-order valence-electron chi connectivity index (χ4n) is 2.74. The van der Waals surface area contributed by atoms with Gasteiger partial charge in [0.1, 0.15) is 5.75 Å². The molecule has 0 radical (unpaired) electrons. The van der Waals surface area contributed by atoms with Crippen molar-refractivity contribution in [1.82, 2.24) is 0 Å². The standard InChI is InChI=1S/C22H17BrN2O6/c1-30-21(26)16-7-5-15(6-8-16)14-24(19-4-2-3-17(23)13-19)22(27)31-20-11-9-18(10-12-20)25(28)29/h2-13H,14H2,1H3. The number of non-ortho nitro benzene ring substituents is 1. The van der Waals surface area contributed by atoms with E-state index in [0.717, 1.165) is 10.0 Å². The molecule has 0 unspecified atom stereocenters. The number of rotatable bonds is 6. The minimum absolute atomic E-state index is 0.102. The number of carbonyl (C=O) groups excluding carboxylic acids is 2. The van der Waals surface area contributed by atoms with Crippen LogP contribution < -0.4 is 9.64 Å². The molecule has 0 N–H and O–H groups in total. The van der Waals surface area contributed by atoms with E-state index in [1.54, 1.807) is 42.5 Å². The van der Waals surface area contributed by atoms with Gasteiger partial charge in [-0.25, -0.2) is 9.59 Å². The summed E-state index contributed by atoms with van der Waals surface area (Å²) in [5.74, 6) is -0.274. The summed E-state index contributed by atoms with van der Waals surface area (Å²) in [6, 6.07) is 19.0. The average molecular weight is 485 g/mol. The van der Waals surface area contributed by atoms with Gasteiger partial charge in [-0.1, -0.05) is 34.1 Å². The number of benzene rings is 3. The molecule has 0 bridgehead atoms. The number of nitro benzene ring substituents is 1. The molecule has 0 aliphatic carbocycles. The summed E-state index contributed by atoms with van der Waals surface area (Å²) in [7, 11) is 1.31. The van der Waals surface area contributed by atoms with Gasteiger partial charge >= 0.3 is 12.1 Å². The van der Waals surface area contributed by atoms with E-state index < -0.39 is 17.0 Å². The number of hydrogen-bond acceptors (Lipinski definition) is 6. The van der Waals surface area contributed by atoms with Gasteiger partial charge < -0.3 is 9.47 Å². The Hall–Kier alpha value is -3.72. The topological polar surface area (TPSA) is 99.0 Å². The van der Waals surface area contributed by atoms with Gasteiger partial charge in [0.25, 0.3) is 5.69 Å². The summed E-state index contributed by atoms with van der Waals surface area (Å²) >= 11 is 3.39. The van der Waals surface area contributed by atoms with Crippen LogP contribution in [0.5, 0.6) is 5.75 Å². The van der Waals surface area contributed by atoms with Crippen LogP contribution in [0.4, 0.5) is 16.2 Å². The molecule has 8 nitrogen and oxygen atoms in total. The first kappa shape index (κ1) is 22.0. The lowest BCUT2D eigenvalue weighted by Crippen LogP contribution is -2.33. The monoisotopic (exact) mass is 484 g/mol. The smallest absolute Gasteiger partial charge is 0.420 e. The minimum atomic E-state index is -0.663. The van der Waals surface area contributed by atoms with E-state index in [1.165, 1.54) is 36.3 Å². The first-order chi connectivity index (χ1) is 14.9. The van der Waals surface area contributed by atoms with Crippen LogP contribution in [-0.4, -0.2) is 24.1 Å². The van der Waals surface area contributed by atoms with Gasteiger partial charge in [0.05, 0.1) is 24.1 Å². The fourth-order valence-corrected chi connectivity index (χ4v) is 3.13. The van der Waals surface area contributed by atoms with Crippen LogP contribution in [0.1, 0.15) is 15.9 Å². The van der Waals surface area contributed by atoms with E-state index in [4.69, 9.17) is 9.47 Å². The molecule has 0 saturated heterocycles. The van der Waals surface area contributed by atoms with E-state index in [2.05, 4.69) is 15.9 Å². The molecule has 3 rings (SSSR count). The Morgan fingerprint density at radius 3 is 2.29 bits per heavy atom. The number of nitro groups is 1. The largest absolute Gasteiger partial charge is 0.465 e. The molecule has 31 heavy (non-hydrogen) atoms. The van der Waals surface area contributed by atoms with Crippen molar-refractivity contribution in [3.8, 4) is 5.75 Å². The fraction of sp³-hybridized carbons (Fsp3) is 0.0909. The van der Waals surface area contributed by atoms with Crippen molar-refractivity contribution in [2.45, 2.75) is 6.54 Å². The lowest BCUT2D eigenvalue weighted by molar-refractivity contribution is -0.384. The molecule has 0 aliphatic heterocycles. The molecule has 1 amide bonds. The van der Waals surface area contributed by atoms with Gasteiger partial charge in [-0.15, -0.1) is 0 Å². The molecular formula is C22H17BrN2O6. The van der Waals surface area contributed by atoms with Gasteiger partial charge in [-0.05, 0) is 48.0 Å². The number of ether oxygens (including phenoxy) is 2. The number of methoxy groups -OCH3 is 1. The Bertz CT molecular complexity index is 1100. The molecule has 9 heteroatoms. The highest BCUT2D eigenvalue weighted by Gasteiger charge is 2.20. The van der Waals surface area contributed by atoms with Crippen molar-refractivity contribution in [2.24, 2.45) is 0 Å². The molecule has 3 aromatic carbocycles. The Labute approximate surface area is 186 Å². The molecule has 0 aliphatic rings. The number of anilines is 1. The third kappa shape index (κ3) is 5.67. The van der Waals surface area contributed by atoms with Gasteiger partial charge in [0, 0.05) is 22.3 Å². The maximum atomic E-state index is 12.9. The molecule has 0 saturated carbocycles. The molecule has 0 spiro atoms. The van der Waals surface area contributed by atoms with E-state index in [1.807, 2.05) is 6.07 Å². The maximum Gasteiger partial charge on any atom is 0.420 e. The van der Waals surface area contributed by atoms with Crippen molar-refractivity contribution in [3.05, 3.63) is 98.5 Å². The third-order valence-corrected chi connectivity index (χ3v) is 4.80. The maximum absolute atomic E-state index is 12.9.